The Morgan fingerprint density at radius 1 is 0.947 bits per heavy atom. The monoisotopic (exact) mass is 511 g/mol. The number of anilines is 1. The number of aromatic nitrogens is 4. The van der Waals surface area contributed by atoms with Crippen molar-refractivity contribution >= 4 is 11.9 Å². The number of tetrazole rings is 1. The number of hydrogen-bond donors (Lipinski definition) is 2. The second-order valence-electron chi connectivity index (χ2n) is 11.4. The Kier molecular flexibility index (Phi) is 7.95. The van der Waals surface area contributed by atoms with E-state index in [0.717, 1.165) is 17.7 Å². The van der Waals surface area contributed by atoms with Crippen molar-refractivity contribution in [1.82, 2.24) is 20.6 Å². The van der Waals surface area contributed by atoms with E-state index in [1.165, 1.54) is 27.8 Å². The van der Waals surface area contributed by atoms with Gasteiger partial charge in [-0.3, -0.25) is 10.1 Å². The maximum Gasteiger partial charge on any atom is 0.258 e. The lowest BCUT2D eigenvalue weighted by Crippen LogP contribution is -2.18. The lowest BCUT2D eigenvalue weighted by molar-refractivity contribution is 0.102. The normalized spacial score (nSPS) is 12.4. The van der Waals surface area contributed by atoms with Gasteiger partial charge in [0.2, 0.25) is 5.95 Å². The van der Waals surface area contributed by atoms with E-state index in [9.17, 15) is 4.79 Å². The number of rotatable bonds is 8. The number of benzene rings is 3. The number of aromatic amines is 1. The van der Waals surface area contributed by atoms with Crippen molar-refractivity contribution < 1.29 is 9.53 Å². The first-order valence-corrected chi connectivity index (χ1v) is 13.0. The first kappa shape index (κ1) is 27.0. The van der Waals surface area contributed by atoms with Crippen LogP contribution in [0.4, 0.5) is 5.95 Å². The average Bonchev–Trinajstić information content (AvgIpc) is 3.36. The van der Waals surface area contributed by atoms with Gasteiger partial charge in [-0.15, -0.1) is 0 Å². The largest absolute Gasteiger partial charge is 0.486 e. The molecule has 0 radical (unpaired) electrons. The van der Waals surface area contributed by atoms with Crippen molar-refractivity contribution in [2.45, 2.75) is 66.9 Å². The molecule has 3 aromatic carbocycles. The number of ether oxygens (including phenoxy) is 1. The summed E-state index contributed by atoms with van der Waals surface area (Å²) in [5, 5.41) is 15.8. The van der Waals surface area contributed by atoms with Crippen LogP contribution in [-0.4, -0.2) is 26.5 Å². The molecule has 1 amide bonds. The van der Waals surface area contributed by atoms with E-state index in [2.05, 4.69) is 111 Å². The third kappa shape index (κ3) is 6.65. The molecule has 2 N–H and O–H groups in total. The summed E-state index contributed by atoms with van der Waals surface area (Å²) in [7, 11) is 0. The fourth-order valence-electron chi connectivity index (χ4n) is 4.67. The number of carbonyl (C=O) groups is 1. The summed E-state index contributed by atoms with van der Waals surface area (Å²) in [6.07, 6.45) is 0.652. The van der Waals surface area contributed by atoms with Crippen LogP contribution in [0.3, 0.4) is 0 Å². The number of amides is 1. The molecule has 0 fully saturated rings. The second kappa shape index (κ2) is 11.2. The van der Waals surface area contributed by atoms with Crippen LogP contribution >= 0.6 is 0 Å². The maximum absolute atomic E-state index is 12.5. The van der Waals surface area contributed by atoms with Gasteiger partial charge in [0.25, 0.3) is 5.91 Å². The Morgan fingerprint density at radius 3 is 2.08 bits per heavy atom. The Balaban J connectivity index is 1.57. The van der Waals surface area contributed by atoms with E-state index < -0.39 is 0 Å². The standard InChI is InChI=1S/C31H37N5O2/c1-19(2)22-8-12-24(13-9-22)28-20(3)16-26(17-21(28)4)38-27(18-31(5,6)7)23-10-14-25(15-11-23)29(37)32-30-33-35-36-34-30/h8-17,19,27H,18H2,1-7H3,(H2,32,33,34,35,36,37). The van der Waals surface area contributed by atoms with Gasteiger partial charge >= 0.3 is 0 Å². The van der Waals surface area contributed by atoms with Gasteiger partial charge in [0, 0.05) is 5.56 Å². The molecule has 0 aliphatic carbocycles. The molecule has 1 aromatic heterocycles. The Labute approximate surface area is 225 Å². The summed E-state index contributed by atoms with van der Waals surface area (Å²) >= 11 is 0. The van der Waals surface area contributed by atoms with E-state index >= 15 is 0 Å². The summed E-state index contributed by atoms with van der Waals surface area (Å²) in [6, 6.07) is 20.6. The third-order valence-corrected chi connectivity index (χ3v) is 6.57. The summed E-state index contributed by atoms with van der Waals surface area (Å²) in [5.74, 6) is 1.27. The Bertz CT molecular complexity index is 1350. The van der Waals surface area contributed by atoms with Crippen molar-refractivity contribution in [3.05, 3.63) is 88.5 Å². The van der Waals surface area contributed by atoms with Gasteiger partial charge in [-0.1, -0.05) is 76.1 Å². The second-order valence-corrected chi connectivity index (χ2v) is 11.4. The van der Waals surface area contributed by atoms with Crippen molar-refractivity contribution in [3.63, 3.8) is 0 Å². The van der Waals surface area contributed by atoms with Crippen LogP contribution in [0, 0.1) is 19.3 Å². The molecule has 198 valence electrons. The number of carbonyl (C=O) groups excluding carboxylic acids is 1. The molecule has 7 nitrogen and oxygen atoms in total. The smallest absolute Gasteiger partial charge is 0.258 e. The van der Waals surface area contributed by atoms with Crippen LogP contribution in [0.2, 0.25) is 0 Å². The van der Waals surface area contributed by atoms with Gasteiger partial charge < -0.3 is 4.74 Å². The molecule has 38 heavy (non-hydrogen) atoms. The summed E-state index contributed by atoms with van der Waals surface area (Å²) in [6.45, 7) is 15.3. The molecule has 0 aliphatic heterocycles. The molecule has 1 heterocycles. The van der Waals surface area contributed by atoms with Gasteiger partial charge in [0.15, 0.2) is 0 Å². The van der Waals surface area contributed by atoms with Crippen LogP contribution in [0.5, 0.6) is 5.75 Å². The summed E-state index contributed by atoms with van der Waals surface area (Å²) in [5.41, 5.74) is 7.74. The zero-order valence-corrected chi connectivity index (χ0v) is 23.3. The lowest BCUT2D eigenvalue weighted by atomic mass is 9.86. The molecular formula is C31H37N5O2. The molecule has 0 aliphatic rings. The molecule has 0 bridgehead atoms. The molecule has 0 saturated heterocycles. The predicted octanol–water partition coefficient (Wildman–Crippen LogP) is 7.42. The first-order chi connectivity index (χ1) is 18.0. The molecule has 4 aromatic rings. The quantitative estimate of drug-likeness (QED) is 0.257. The highest BCUT2D eigenvalue weighted by Crippen LogP contribution is 2.37. The van der Waals surface area contributed by atoms with Crippen molar-refractivity contribution in [1.29, 1.82) is 0 Å². The molecule has 1 unspecified atom stereocenters. The molecule has 7 heteroatoms. The Morgan fingerprint density at radius 2 is 1.55 bits per heavy atom. The highest BCUT2D eigenvalue weighted by molar-refractivity contribution is 6.03. The van der Waals surface area contributed by atoms with Crippen molar-refractivity contribution in [2.24, 2.45) is 5.41 Å². The van der Waals surface area contributed by atoms with Crippen LogP contribution in [-0.2, 0) is 0 Å². The maximum atomic E-state index is 12.5. The first-order valence-electron chi connectivity index (χ1n) is 13.0. The van der Waals surface area contributed by atoms with Crippen LogP contribution in [0.1, 0.15) is 85.7 Å². The number of aryl methyl sites for hydroxylation is 2. The lowest BCUT2D eigenvalue weighted by Gasteiger charge is -2.28. The number of hydrogen-bond acceptors (Lipinski definition) is 5. The van der Waals surface area contributed by atoms with E-state index in [4.69, 9.17) is 4.74 Å². The fraction of sp³-hybridized carbons (Fsp3) is 0.355. The van der Waals surface area contributed by atoms with Crippen LogP contribution in [0.25, 0.3) is 11.1 Å². The van der Waals surface area contributed by atoms with E-state index in [-0.39, 0.29) is 23.4 Å². The third-order valence-electron chi connectivity index (χ3n) is 6.57. The number of nitrogens with zero attached hydrogens (tertiary/aromatic N) is 3. The van der Waals surface area contributed by atoms with E-state index in [1.807, 2.05) is 12.1 Å². The highest BCUT2D eigenvalue weighted by Gasteiger charge is 2.23. The Hall–Kier alpha value is -4.00. The molecular weight excluding hydrogens is 474 g/mol. The molecule has 0 spiro atoms. The predicted molar refractivity (Wildman–Crippen MR) is 151 cm³/mol. The topological polar surface area (TPSA) is 92.8 Å². The minimum Gasteiger partial charge on any atom is -0.486 e. The molecule has 0 saturated carbocycles. The zero-order chi connectivity index (χ0) is 27.4. The number of nitrogens with one attached hydrogen (secondary N) is 2. The zero-order valence-electron chi connectivity index (χ0n) is 23.3. The van der Waals surface area contributed by atoms with E-state index in [1.54, 1.807) is 12.1 Å². The van der Waals surface area contributed by atoms with Gasteiger partial charge in [0.1, 0.15) is 11.9 Å². The molecule has 1 atom stereocenters. The average molecular weight is 512 g/mol. The highest BCUT2D eigenvalue weighted by atomic mass is 16.5. The van der Waals surface area contributed by atoms with Gasteiger partial charge in [-0.2, -0.15) is 0 Å². The summed E-state index contributed by atoms with van der Waals surface area (Å²) in [4.78, 5) is 12.5. The van der Waals surface area contributed by atoms with Gasteiger partial charge in [-0.25, -0.2) is 5.10 Å². The SMILES string of the molecule is Cc1cc(OC(CC(C)(C)C)c2ccc(C(=O)Nc3nnn[nH]3)cc2)cc(C)c1-c1ccc(C(C)C)cc1. The van der Waals surface area contributed by atoms with Gasteiger partial charge in [0.05, 0.1) is 0 Å². The van der Waals surface area contributed by atoms with Crippen molar-refractivity contribution in [2.75, 3.05) is 5.32 Å². The number of H-pyrrole nitrogens is 1. The van der Waals surface area contributed by atoms with Crippen LogP contribution in [0.15, 0.2) is 60.7 Å². The van der Waals surface area contributed by atoms with Gasteiger partial charge in [-0.05, 0) is 99.7 Å². The summed E-state index contributed by atoms with van der Waals surface area (Å²) < 4.78 is 6.63. The van der Waals surface area contributed by atoms with Crippen LogP contribution < -0.4 is 10.1 Å². The van der Waals surface area contributed by atoms with E-state index in [0.29, 0.717) is 11.5 Å². The minimum absolute atomic E-state index is 0.0438. The fourth-order valence-corrected chi connectivity index (χ4v) is 4.67. The van der Waals surface area contributed by atoms with Crippen molar-refractivity contribution in [3.8, 4) is 16.9 Å². The minimum atomic E-state index is -0.286. The molecule has 4 rings (SSSR count).